The van der Waals surface area contributed by atoms with E-state index in [4.69, 9.17) is 9.15 Å². The van der Waals surface area contributed by atoms with Crippen LogP contribution in [0, 0.1) is 0 Å². The molecule has 6 nitrogen and oxygen atoms in total. The third kappa shape index (κ3) is 2.91. The third-order valence-electron chi connectivity index (χ3n) is 5.68. The molecule has 0 N–H and O–H groups in total. The van der Waals surface area contributed by atoms with Crippen LogP contribution in [0.1, 0.15) is 30.2 Å². The lowest BCUT2D eigenvalue weighted by atomic mass is 9.97. The van der Waals surface area contributed by atoms with Crippen molar-refractivity contribution in [2.24, 2.45) is 0 Å². The lowest BCUT2D eigenvalue weighted by Crippen LogP contribution is -2.59. The Morgan fingerprint density at radius 2 is 1.84 bits per heavy atom. The van der Waals surface area contributed by atoms with E-state index in [0.29, 0.717) is 23.6 Å². The molecule has 2 aliphatic rings. The molecular formula is C25H22N2O4. The van der Waals surface area contributed by atoms with E-state index in [2.05, 4.69) is 0 Å². The smallest absolute Gasteiger partial charge is 0.286 e. The summed E-state index contributed by atoms with van der Waals surface area (Å²) in [5.74, 6) is -0.0470. The van der Waals surface area contributed by atoms with Crippen LogP contribution in [0.4, 0.5) is 11.4 Å². The van der Waals surface area contributed by atoms with Crippen molar-refractivity contribution in [3.63, 3.8) is 0 Å². The molecule has 0 bridgehead atoms. The summed E-state index contributed by atoms with van der Waals surface area (Å²) in [6.07, 6.45) is 5.36. The maximum atomic E-state index is 13.9. The molecule has 156 valence electrons. The highest BCUT2D eigenvalue weighted by atomic mass is 16.5. The minimum atomic E-state index is -1.54. The van der Waals surface area contributed by atoms with E-state index in [1.165, 1.54) is 11.0 Å². The Kier molecular flexibility index (Phi) is 4.71. The van der Waals surface area contributed by atoms with Gasteiger partial charge in [0.2, 0.25) is 0 Å². The zero-order valence-corrected chi connectivity index (χ0v) is 17.2. The average molecular weight is 414 g/mol. The number of rotatable bonds is 4. The second-order valence-electron chi connectivity index (χ2n) is 7.56. The molecule has 2 aliphatic heterocycles. The number of carbonyl (C=O) groups excluding carboxylic acids is 2. The fourth-order valence-corrected chi connectivity index (χ4v) is 4.36. The van der Waals surface area contributed by atoms with Gasteiger partial charge >= 0.3 is 0 Å². The number of amides is 2. The fourth-order valence-electron chi connectivity index (χ4n) is 4.36. The topological polar surface area (TPSA) is 63.0 Å². The Balaban J connectivity index is 1.68. The van der Waals surface area contributed by atoms with Gasteiger partial charge in [0.25, 0.3) is 17.5 Å². The van der Waals surface area contributed by atoms with E-state index < -0.39 is 5.72 Å². The summed E-state index contributed by atoms with van der Waals surface area (Å²) in [6, 6.07) is 18.6. The van der Waals surface area contributed by atoms with Crippen molar-refractivity contribution in [3.8, 4) is 0 Å². The minimum Gasteiger partial charge on any atom is -0.465 e. The number of furan rings is 1. The first kappa shape index (κ1) is 19.3. The van der Waals surface area contributed by atoms with Gasteiger partial charge in [0, 0.05) is 23.7 Å². The van der Waals surface area contributed by atoms with Gasteiger partial charge in [-0.2, -0.15) is 0 Å². The number of carbonyl (C=O) groups is 2. The molecule has 1 aromatic heterocycles. The quantitative estimate of drug-likeness (QED) is 0.591. The summed E-state index contributed by atoms with van der Waals surface area (Å²) in [4.78, 5) is 30.6. The highest BCUT2D eigenvalue weighted by Gasteiger charge is 2.59. The Hall–Kier alpha value is -3.64. The van der Waals surface area contributed by atoms with Crippen molar-refractivity contribution in [1.29, 1.82) is 0 Å². The lowest BCUT2D eigenvalue weighted by molar-refractivity contribution is -0.151. The van der Waals surface area contributed by atoms with Crippen LogP contribution in [0.2, 0.25) is 0 Å². The second-order valence-corrected chi connectivity index (χ2v) is 7.56. The molecule has 0 fully saturated rings. The highest BCUT2D eigenvalue weighted by Crippen LogP contribution is 2.50. The maximum absolute atomic E-state index is 13.9. The Morgan fingerprint density at radius 1 is 1.06 bits per heavy atom. The number of anilines is 2. The van der Waals surface area contributed by atoms with Gasteiger partial charge in [0.15, 0.2) is 0 Å². The first-order valence-corrected chi connectivity index (χ1v) is 10.4. The third-order valence-corrected chi connectivity index (χ3v) is 5.68. The van der Waals surface area contributed by atoms with E-state index in [1.807, 2.05) is 55.5 Å². The standard InChI is InChI=1S/C25H22N2O4/c1-2-15-26-22-12-6-4-10-20(22)25(24(26)29)27(21-11-5-3-8-18(21)17-31-25)23(28)14-13-19-9-7-16-30-19/h3-14,16H,2,15,17H2,1H3/b14-13+/t25-/m1/s1. The number of benzene rings is 2. The van der Waals surface area contributed by atoms with Gasteiger partial charge in [0.1, 0.15) is 5.76 Å². The van der Waals surface area contributed by atoms with Crippen molar-refractivity contribution < 1.29 is 18.7 Å². The maximum Gasteiger partial charge on any atom is 0.286 e. The average Bonchev–Trinajstić information content (AvgIpc) is 3.40. The van der Waals surface area contributed by atoms with Crippen molar-refractivity contribution in [2.45, 2.75) is 25.7 Å². The monoisotopic (exact) mass is 414 g/mol. The van der Waals surface area contributed by atoms with E-state index >= 15 is 0 Å². The summed E-state index contributed by atoms with van der Waals surface area (Å²) in [5, 5.41) is 0. The van der Waals surface area contributed by atoms with Crippen molar-refractivity contribution in [2.75, 3.05) is 16.3 Å². The fraction of sp³-hybridized carbons (Fsp3) is 0.200. The number of ether oxygens (including phenoxy) is 1. The van der Waals surface area contributed by atoms with Crippen molar-refractivity contribution in [3.05, 3.63) is 89.9 Å². The number of fused-ring (bicyclic) bond motifs is 3. The molecular weight excluding hydrogens is 392 g/mol. The summed E-state index contributed by atoms with van der Waals surface area (Å²) >= 11 is 0. The van der Waals surface area contributed by atoms with Crippen LogP contribution in [-0.2, 0) is 26.7 Å². The summed E-state index contributed by atoms with van der Waals surface area (Å²) in [7, 11) is 0. The van der Waals surface area contributed by atoms with Gasteiger partial charge in [-0.1, -0.05) is 43.3 Å². The van der Waals surface area contributed by atoms with Crippen LogP contribution in [-0.4, -0.2) is 18.4 Å². The molecule has 2 amide bonds. The van der Waals surface area contributed by atoms with Gasteiger partial charge in [-0.05, 0) is 36.8 Å². The molecule has 0 aliphatic carbocycles. The summed E-state index contributed by atoms with van der Waals surface area (Å²) < 4.78 is 11.6. The Morgan fingerprint density at radius 3 is 2.61 bits per heavy atom. The Labute approximate surface area is 180 Å². The van der Waals surface area contributed by atoms with Crippen LogP contribution >= 0.6 is 0 Å². The molecule has 0 saturated heterocycles. The van der Waals surface area contributed by atoms with Crippen LogP contribution in [0.15, 0.2) is 77.4 Å². The predicted octanol–water partition coefficient (Wildman–Crippen LogP) is 4.47. The molecule has 1 atom stereocenters. The molecule has 0 radical (unpaired) electrons. The SMILES string of the molecule is CCCN1C(=O)[C@]2(OCc3ccccc3N2C(=O)/C=C/c2ccco2)c2ccccc21. The van der Waals surface area contributed by atoms with Gasteiger partial charge < -0.3 is 14.1 Å². The number of hydrogen-bond acceptors (Lipinski definition) is 4. The Bertz CT molecular complexity index is 1170. The zero-order valence-electron chi connectivity index (χ0n) is 17.2. The van der Waals surface area contributed by atoms with Gasteiger partial charge in [0.05, 0.1) is 24.2 Å². The molecule has 0 unspecified atom stereocenters. The zero-order chi connectivity index (χ0) is 21.4. The number of nitrogens with zero attached hydrogens (tertiary/aromatic N) is 2. The van der Waals surface area contributed by atoms with Crippen LogP contribution in [0.3, 0.4) is 0 Å². The molecule has 3 aromatic rings. The summed E-state index contributed by atoms with van der Waals surface area (Å²) in [6.45, 7) is 2.81. The first-order chi connectivity index (χ1) is 15.2. The van der Waals surface area contributed by atoms with E-state index in [1.54, 1.807) is 29.4 Å². The molecule has 6 heteroatoms. The molecule has 2 aromatic carbocycles. The van der Waals surface area contributed by atoms with E-state index in [-0.39, 0.29) is 18.4 Å². The minimum absolute atomic E-state index is 0.238. The van der Waals surface area contributed by atoms with Crippen molar-refractivity contribution >= 4 is 29.3 Å². The number of hydrogen-bond donors (Lipinski definition) is 0. The van der Waals surface area contributed by atoms with Crippen LogP contribution in [0.5, 0.6) is 0 Å². The molecule has 5 rings (SSSR count). The first-order valence-electron chi connectivity index (χ1n) is 10.4. The van der Waals surface area contributed by atoms with Crippen LogP contribution in [0.25, 0.3) is 6.08 Å². The highest BCUT2D eigenvalue weighted by molar-refractivity contribution is 6.16. The number of para-hydroxylation sites is 2. The van der Waals surface area contributed by atoms with Crippen molar-refractivity contribution in [1.82, 2.24) is 0 Å². The van der Waals surface area contributed by atoms with Gasteiger partial charge in [-0.3, -0.25) is 14.5 Å². The summed E-state index contributed by atoms with van der Waals surface area (Å²) in [5.41, 5.74) is 1.45. The largest absolute Gasteiger partial charge is 0.465 e. The molecule has 3 heterocycles. The molecule has 0 saturated carbocycles. The van der Waals surface area contributed by atoms with Gasteiger partial charge in [-0.15, -0.1) is 0 Å². The normalized spacial score (nSPS) is 19.8. The second kappa shape index (κ2) is 7.56. The van der Waals surface area contributed by atoms with Crippen LogP contribution < -0.4 is 9.80 Å². The molecule has 31 heavy (non-hydrogen) atoms. The molecule has 1 spiro atoms. The van der Waals surface area contributed by atoms with E-state index in [9.17, 15) is 9.59 Å². The lowest BCUT2D eigenvalue weighted by Gasteiger charge is -2.43. The predicted molar refractivity (Wildman–Crippen MR) is 117 cm³/mol. The van der Waals surface area contributed by atoms with Gasteiger partial charge in [-0.25, -0.2) is 0 Å². The van der Waals surface area contributed by atoms with E-state index in [0.717, 1.165) is 17.7 Å².